The second-order valence-corrected chi connectivity index (χ2v) is 4.63. The molecule has 0 saturated heterocycles. The van der Waals surface area contributed by atoms with Gasteiger partial charge in [0.15, 0.2) is 0 Å². The summed E-state index contributed by atoms with van der Waals surface area (Å²) in [4.78, 5) is 10.3. The van der Waals surface area contributed by atoms with E-state index in [4.69, 9.17) is 10.8 Å². The van der Waals surface area contributed by atoms with Crippen molar-refractivity contribution in [3.63, 3.8) is 0 Å². The highest BCUT2D eigenvalue weighted by Crippen LogP contribution is 2.31. The van der Waals surface area contributed by atoms with Crippen molar-refractivity contribution in [3.05, 3.63) is 34.3 Å². The van der Waals surface area contributed by atoms with Gasteiger partial charge in [-0.25, -0.2) is 0 Å². The average Bonchev–Trinajstić information content (AvgIpc) is 2.16. The lowest BCUT2D eigenvalue weighted by Crippen LogP contribution is -2.34. The van der Waals surface area contributed by atoms with E-state index in [0.717, 1.165) is 10.0 Å². The van der Waals surface area contributed by atoms with Crippen LogP contribution in [-0.2, 0) is 4.79 Å². The number of hydrogen-bond donors (Lipinski definition) is 2. The third kappa shape index (κ3) is 2.56. The van der Waals surface area contributed by atoms with Gasteiger partial charge in [-0.2, -0.15) is 0 Å². The molecule has 0 radical (unpaired) electrons. The minimum absolute atomic E-state index is 0.393. The normalized spacial score (nSPS) is 14.8. The molecule has 5 heteroatoms. The second-order valence-electron chi connectivity index (χ2n) is 2.79. The fraction of sp³-hybridized carbons (Fsp3) is 0.222. The average molecular weight is 323 g/mol. The molecule has 0 bridgehead atoms. The van der Waals surface area contributed by atoms with Gasteiger partial charge in [0, 0.05) is 4.47 Å². The maximum absolute atomic E-state index is 10.7. The first-order valence-electron chi connectivity index (χ1n) is 3.91. The van der Waals surface area contributed by atoms with Crippen LogP contribution in [0.5, 0.6) is 0 Å². The lowest BCUT2D eigenvalue weighted by atomic mass is 10.1. The molecule has 0 heterocycles. The molecule has 1 unspecified atom stereocenters. The van der Waals surface area contributed by atoms with Gasteiger partial charge >= 0.3 is 5.97 Å². The van der Waals surface area contributed by atoms with Crippen LogP contribution in [0.1, 0.15) is 10.4 Å². The highest BCUT2D eigenvalue weighted by Gasteiger charge is 2.24. The summed E-state index contributed by atoms with van der Waals surface area (Å²) in [5.41, 5.74) is 6.33. The highest BCUT2D eigenvalue weighted by atomic mass is 79.9. The van der Waals surface area contributed by atoms with E-state index in [1.807, 2.05) is 24.3 Å². The third-order valence-corrected chi connectivity index (χ3v) is 3.59. The Morgan fingerprint density at radius 2 is 2.00 bits per heavy atom. The third-order valence-electron chi connectivity index (χ3n) is 1.80. The maximum Gasteiger partial charge on any atom is 0.321 e. The van der Waals surface area contributed by atoms with Crippen molar-refractivity contribution >= 4 is 37.8 Å². The van der Waals surface area contributed by atoms with E-state index in [0.29, 0.717) is 0 Å². The van der Waals surface area contributed by atoms with E-state index in [-0.39, 0.29) is 0 Å². The Balaban J connectivity index is 2.94. The fourth-order valence-corrected chi connectivity index (χ4v) is 2.48. The quantitative estimate of drug-likeness (QED) is 0.839. The smallest absolute Gasteiger partial charge is 0.321 e. The van der Waals surface area contributed by atoms with Crippen LogP contribution in [-0.4, -0.2) is 17.1 Å². The van der Waals surface area contributed by atoms with E-state index in [2.05, 4.69) is 31.9 Å². The molecule has 1 aromatic carbocycles. The van der Waals surface area contributed by atoms with Gasteiger partial charge in [0.05, 0.1) is 4.83 Å². The maximum atomic E-state index is 10.7. The van der Waals surface area contributed by atoms with Gasteiger partial charge in [-0.05, 0) is 11.6 Å². The van der Waals surface area contributed by atoms with Crippen molar-refractivity contribution in [2.75, 3.05) is 0 Å². The highest BCUT2D eigenvalue weighted by molar-refractivity contribution is 9.11. The summed E-state index contributed by atoms with van der Waals surface area (Å²) in [5, 5.41) is 8.73. The van der Waals surface area contributed by atoms with Crippen molar-refractivity contribution in [1.82, 2.24) is 0 Å². The van der Waals surface area contributed by atoms with Crippen LogP contribution in [0.3, 0.4) is 0 Å². The SMILES string of the molecule is N[C@H](C(=O)O)C(Br)c1ccccc1Br. The Labute approximate surface area is 98.6 Å². The summed E-state index contributed by atoms with van der Waals surface area (Å²) in [6.45, 7) is 0. The van der Waals surface area contributed by atoms with Gasteiger partial charge in [0.25, 0.3) is 0 Å². The summed E-state index contributed by atoms with van der Waals surface area (Å²) in [6.07, 6.45) is 0. The van der Waals surface area contributed by atoms with Crippen molar-refractivity contribution < 1.29 is 9.90 Å². The second kappa shape index (κ2) is 4.91. The summed E-state index contributed by atoms with van der Waals surface area (Å²) in [7, 11) is 0. The molecule has 0 aliphatic heterocycles. The first kappa shape index (κ1) is 11.7. The number of benzene rings is 1. The van der Waals surface area contributed by atoms with Crippen LogP contribution in [0.25, 0.3) is 0 Å². The van der Waals surface area contributed by atoms with Crippen molar-refractivity contribution in [2.45, 2.75) is 10.9 Å². The first-order valence-corrected chi connectivity index (χ1v) is 5.61. The Hall–Kier alpha value is -0.390. The van der Waals surface area contributed by atoms with Crippen LogP contribution in [0.4, 0.5) is 0 Å². The van der Waals surface area contributed by atoms with Gasteiger partial charge in [0.2, 0.25) is 0 Å². The Morgan fingerprint density at radius 3 is 2.50 bits per heavy atom. The molecular weight excluding hydrogens is 314 g/mol. The largest absolute Gasteiger partial charge is 0.480 e. The van der Waals surface area contributed by atoms with Crippen molar-refractivity contribution in [3.8, 4) is 0 Å². The molecule has 3 N–H and O–H groups in total. The van der Waals surface area contributed by atoms with E-state index in [9.17, 15) is 4.79 Å². The number of hydrogen-bond acceptors (Lipinski definition) is 2. The molecule has 0 spiro atoms. The first-order chi connectivity index (χ1) is 6.54. The van der Waals surface area contributed by atoms with Gasteiger partial charge in [-0.1, -0.05) is 50.1 Å². The zero-order valence-electron chi connectivity index (χ0n) is 7.15. The number of aliphatic carboxylic acids is 1. The summed E-state index contributed by atoms with van der Waals surface area (Å²) in [5.74, 6) is -1.03. The van der Waals surface area contributed by atoms with Crippen LogP contribution < -0.4 is 5.73 Å². The van der Waals surface area contributed by atoms with Gasteiger partial charge in [-0.15, -0.1) is 0 Å². The van der Waals surface area contributed by atoms with Crippen molar-refractivity contribution in [2.24, 2.45) is 5.73 Å². The number of rotatable bonds is 3. The molecule has 0 aromatic heterocycles. The van der Waals surface area contributed by atoms with Gasteiger partial charge < -0.3 is 10.8 Å². The number of carbonyl (C=O) groups is 1. The number of nitrogens with two attached hydrogens (primary N) is 1. The van der Waals surface area contributed by atoms with E-state index >= 15 is 0 Å². The Kier molecular flexibility index (Phi) is 4.10. The topological polar surface area (TPSA) is 63.3 Å². The standard InChI is InChI=1S/C9H9Br2NO2/c10-6-4-2-1-3-5(6)7(11)8(12)9(13)14/h1-4,7-8H,12H2,(H,13,14)/t7?,8-/m0/s1. The molecule has 0 amide bonds. The van der Waals surface area contributed by atoms with E-state index in [1.165, 1.54) is 0 Å². The molecule has 0 saturated carbocycles. The Bertz CT molecular complexity index is 343. The zero-order chi connectivity index (χ0) is 10.7. The number of carboxylic acids is 1. The lowest BCUT2D eigenvalue weighted by Gasteiger charge is -2.15. The molecule has 14 heavy (non-hydrogen) atoms. The Morgan fingerprint density at radius 1 is 1.43 bits per heavy atom. The number of carboxylic acid groups (broad SMARTS) is 1. The summed E-state index contributed by atoms with van der Waals surface area (Å²) >= 11 is 6.60. The monoisotopic (exact) mass is 321 g/mol. The van der Waals surface area contributed by atoms with Gasteiger partial charge in [-0.3, -0.25) is 4.79 Å². The molecular formula is C9H9Br2NO2. The summed E-state index contributed by atoms with van der Waals surface area (Å²) < 4.78 is 0.846. The minimum atomic E-state index is -1.03. The van der Waals surface area contributed by atoms with Crippen LogP contribution in [0, 0.1) is 0 Å². The molecule has 2 atom stereocenters. The van der Waals surface area contributed by atoms with Crippen LogP contribution >= 0.6 is 31.9 Å². The molecule has 1 aromatic rings. The summed E-state index contributed by atoms with van der Waals surface area (Å²) in [6, 6.07) is 6.42. The van der Waals surface area contributed by atoms with E-state index < -0.39 is 16.8 Å². The van der Waals surface area contributed by atoms with Crippen LogP contribution in [0.15, 0.2) is 28.7 Å². The van der Waals surface area contributed by atoms with E-state index in [1.54, 1.807) is 0 Å². The lowest BCUT2D eigenvalue weighted by molar-refractivity contribution is -0.138. The fourth-order valence-electron chi connectivity index (χ4n) is 1.02. The molecule has 0 fully saturated rings. The zero-order valence-corrected chi connectivity index (χ0v) is 10.3. The number of alkyl halides is 1. The van der Waals surface area contributed by atoms with Crippen LogP contribution in [0.2, 0.25) is 0 Å². The molecule has 76 valence electrons. The van der Waals surface area contributed by atoms with Crippen molar-refractivity contribution in [1.29, 1.82) is 0 Å². The molecule has 1 rings (SSSR count). The number of halogens is 2. The van der Waals surface area contributed by atoms with Gasteiger partial charge in [0.1, 0.15) is 6.04 Å². The minimum Gasteiger partial charge on any atom is -0.480 e. The molecule has 0 aliphatic rings. The molecule has 0 aliphatic carbocycles. The molecule has 3 nitrogen and oxygen atoms in total. The predicted octanol–water partition coefficient (Wildman–Crippen LogP) is 2.30. The predicted molar refractivity (Wildman–Crippen MR) is 61.4 cm³/mol.